The first-order valence-corrected chi connectivity index (χ1v) is 9.67. The molecule has 3 rings (SSSR count). The topological polar surface area (TPSA) is 44.3 Å². The van der Waals surface area contributed by atoms with E-state index in [0.717, 1.165) is 65.5 Å². The number of piperazine rings is 1. The predicted octanol–water partition coefficient (Wildman–Crippen LogP) is 3.54. The van der Waals surface area contributed by atoms with Crippen molar-refractivity contribution in [1.29, 1.82) is 0 Å². The average Bonchev–Trinajstić information content (AvgIpc) is 2.61. The Kier molecular flexibility index (Phi) is 6.08. The molecular formula is C17H21Br2N5. The van der Waals surface area contributed by atoms with Crippen LogP contribution in [0, 0.1) is 6.92 Å². The van der Waals surface area contributed by atoms with Gasteiger partial charge in [0.1, 0.15) is 11.6 Å². The van der Waals surface area contributed by atoms with Gasteiger partial charge in [-0.25, -0.2) is 9.97 Å². The molecule has 3 heterocycles. The van der Waals surface area contributed by atoms with Gasteiger partial charge in [0.2, 0.25) is 0 Å². The van der Waals surface area contributed by atoms with E-state index in [1.165, 1.54) is 0 Å². The average molecular weight is 455 g/mol. The first kappa shape index (κ1) is 17.6. The molecule has 128 valence electrons. The Hall–Kier alpha value is -1.18. The van der Waals surface area contributed by atoms with Gasteiger partial charge in [0, 0.05) is 49.9 Å². The zero-order chi connectivity index (χ0) is 16.9. The van der Waals surface area contributed by atoms with E-state index < -0.39 is 0 Å². The lowest BCUT2D eigenvalue weighted by molar-refractivity contribution is 0.266. The van der Waals surface area contributed by atoms with Crippen LogP contribution in [0.25, 0.3) is 0 Å². The van der Waals surface area contributed by atoms with Gasteiger partial charge in [-0.3, -0.25) is 4.90 Å². The van der Waals surface area contributed by atoms with E-state index in [1.54, 1.807) is 0 Å². The van der Waals surface area contributed by atoms with Gasteiger partial charge >= 0.3 is 0 Å². The van der Waals surface area contributed by atoms with E-state index in [9.17, 15) is 0 Å². The second-order valence-electron chi connectivity index (χ2n) is 5.83. The van der Waals surface area contributed by atoms with Crippen LogP contribution in [0.2, 0.25) is 0 Å². The van der Waals surface area contributed by atoms with Crippen LogP contribution in [0.3, 0.4) is 0 Å². The van der Waals surface area contributed by atoms with Gasteiger partial charge in [0.25, 0.3) is 0 Å². The lowest BCUT2D eigenvalue weighted by atomic mass is 10.3. The zero-order valence-corrected chi connectivity index (χ0v) is 16.8. The van der Waals surface area contributed by atoms with Gasteiger partial charge < -0.3 is 10.2 Å². The molecule has 7 heteroatoms. The van der Waals surface area contributed by atoms with Crippen molar-refractivity contribution in [2.75, 3.05) is 49.5 Å². The lowest BCUT2D eigenvalue weighted by Gasteiger charge is -2.35. The molecule has 0 saturated carbocycles. The van der Waals surface area contributed by atoms with Crippen molar-refractivity contribution < 1.29 is 0 Å². The molecule has 0 unspecified atom stereocenters. The van der Waals surface area contributed by atoms with Gasteiger partial charge in [0.15, 0.2) is 0 Å². The molecule has 0 aliphatic carbocycles. The number of pyridine rings is 2. The number of anilines is 2. The highest BCUT2D eigenvalue weighted by molar-refractivity contribution is 9.11. The molecule has 24 heavy (non-hydrogen) atoms. The number of halogens is 2. The summed E-state index contributed by atoms with van der Waals surface area (Å²) in [7, 11) is 0. The number of rotatable bonds is 5. The summed E-state index contributed by atoms with van der Waals surface area (Å²) >= 11 is 7.06. The molecular weight excluding hydrogens is 434 g/mol. The molecule has 0 spiro atoms. The molecule has 1 N–H and O–H groups in total. The quantitative estimate of drug-likeness (QED) is 0.748. The Morgan fingerprint density at radius 1 is 1.12 bits per heavy atom. The molecule has 1 aliphatic heterocycles. The second kappa shape index (κ2) is 8.27. The molecule has 0 aromatic carbocycles. The minimum atomic E-state index is 0.885. The SMILES string of the molecule is Cc1nc(NCCN2CCN(c3ccccn3)CC2)c(Br)cc1Br. The van der Waals surface area contributed by atoms with Crippen LogP contribution in [-0.2, 0) is 0 Å². The third kappa shape index (κ3) is 4.46. The number of aryl methyl sites for hydroxylation is 1. The molecule has 0 atom stereocenters. The Morgan fingerprint density at radius 3 is 2.62 bits per heavy atom. The fourth-order valence-corrected chi connectivity index (χ4v) is 3.84. The van der Waals surface area contributed by atoms with Crippen LogP contribution in [-0.4, -0.2) is 54.1 Å². The molecule has 0 amide bonds. The monoisotopic (exact) mass is 453 g/mol. The van der Waals surface area contributed by atoms with E-state index in [2.05, 4.69) is 63.0 Å². The van der Waals surface area contributed by atoms with Gasteiger partial charge in [-0.05, 0) is 57.0 Å². The highest BCUT2D eigenvalue weighted by atomic mass is 79.9. The van der Waals surface area contributed by atoms with Crippen LogP contribution >= 0.6 is 31.9 Å². The van der Waals surface area contributed by atoms with Crippen LogP contribution in [0.4, 0.5) is 11.6 Å². The Bertz CT molecular complexity index is 672. The minimum absolute atomic E-state index is 0.885. The van der Waals surface area contributed by atoms with Crippen molar-refractivity contribution in [3.8, 4) is 0 Å². The van der Waals surface area contributed by atoms with E-state index in [0.29, 0.717) is 0 Å². The van der Waals surface area contributed by atoms with Gasteiger partial charge in [-0.15, -0.1) is 0 Å². The predicted molar refractivity (Wildman–Crippen MR) is 106 cm³/mol. The summed E-state index contributed by atoms with van der Waals surface area (Å²) in [6.07, 6.45) is 1.86. The fraction of sp³-hybridized carbons (Fsp3) is 0.412. The minimum Gasteiger partial charge on any atom is -0.368 e. The third-order valence-corrected chi connectivity index (χ3v) is 5.58. The number of aromatic nitrogens is 2. The standard InChI is InChI=1S/C17H21Br2N5/c1-13-14(18)12-15(19)17(22-13)21-6-7-23-8-10-24(11-9-23)16-4-2-3-5-20-16/h2-5,12H,6-11H2,1H3,(H,21,22). The summed E-state index contributed by atoms with van der Waals surface area (Å²) in [4.78, 5) is 13.8. The maximum atomic E-state index is 4.57. The zero-order valence-electron chi connectivity index (χ0n) is 13.7. The largest absolute Gasteiger partial charge is 0.368 e. The number of hydrogen-bond acceptors (Lipinski definition) is 5. The molecule has 2 aromatic heterocycles. The van der Waals surface area contributed by atoms with Crippen molar-refractivity contribution in [1.82, 2.24) is 14.9 Å². The van der Waals surface area contributed by atoms with Crippen LogP contribution < -0.4 is 10.2 Å². The lowest BCUT2D eigenvalue weighted by Crippen LogP contribution is -2.47. The summed E-state index contributed by atoms with van der Waals surface area (Å²) in [5.74, 6) is 1.98. The van der Waals surface area contributed by atoms with E-state index in [1.807, 2.05) is 31.3 Å². The van der Waals surface area contributed by atoms with Crippen LogP contribution in [0.5, 0.6) is 0 Å². The van der Waals surface area contributed by atoms with Crippen molar-refractivity contribution in [2.24, 2.45) is 0 Å². The summed E-state index contributed by atoms with van der Waals surface area (Å²) in [5.41, 5.74) is 0.990. The number of nitrogens with zero attached hydrogens (tertiary/aromatic N) is 4. The highest BCUT2D eigenvalue weighted by Crippen LogP contribution is 2.26. The third-order valence-electron chi connectivity index (χ3n) is 4.17. The van der Waals surface area contributed by atoms with Crippen molar-refractivity contribution in [2.45, 2.75) is 6.92 Å². The Labute approximate surface area is 159 Å². The van der Waals surface area contributed by atoms with Gasteiger partial charge in [-0.2, -0.15) is 0 Å². The first-order valence-electron chi connectivity index (χ1n) is 8.08. The van der Waals surface area contributed by atoms with E-state index in [-0.39, 0.29) is 0 Å². The van der Waals surface area contributed by atoms with Crippen molar-refractivity contribution in [3.05, 3.63) is 45.1 Å². The normalized spacial score (nSPS) is 15.5. The molecule has 5 nitrogen and oxygen atoms in total. The fourth-order valence-electron chi connectivity index (χ4n) is 2.76. The summed E-state index contributed by atoms with van der Waals surface area (Å²) in [5, 5.41) is 3.42. The summed E-state index contributed by atoms with van der Waals surface area (Å²) < 4.78 is 2.01. The van der Waals surface area contributed by atoms with Gasteiger partial charge in [0.05, 0.1) is 10.2 Å². The van der Waals surface area contributed by atoms with E-state index in [4.69, 9.17) is 0 Å². The number of nitrogens with one attached hydrogen (secondary N) is 1. The van der Waals surface area contributed by atoms with Crippen LogP contribution in [0.1, 0.15) is 5.69 Å². The first-order chi connectivity index (χ1) is 11.6. The van der Waals surface area contributed by atoms with Crippen LogP contribution in [0.15, 0.2) is 39.4 Å². The molecule has 1 saturated heterocycles. The van der Waals surface area contributed by atoms with E-state index >= 15 is 0 Å². The highest BCUT2D eigenvalue weighted by Gasteiger charge is 2.17. The molecule has 0 radical (unpaired) electrons. The molecule has 1 aliphatic rings. The van der Waals surface area contributed by atoms with Crippen molar-refractivity contribution in [3.63, 3.8) is 0 Å². The maximum Gasteiger partial charge on any atom is 0.140 e. The Morgan fingerprint density at radius 2 is 1.92 bits per heavy atom. The summed E-state index contributed by atoms with van der Waals surface area (Å²) in [6, 6.07) is 8.12. The number of hydrogen-bond donors (Lipinski definition) is 1. The molecule has 0 bridgehead atoms. The molecule has 1 fully saturated rings. The Balaban J connectivity index is 1.45. The molecule has 2 aromatic rings. The second-order valence-corrected chi connectivity index (χ2v) is 7.54. The smallest absolute Gasteiger partial charge is 0.140 e. The maximum absolute atomic E-state index is 4.57. The van der Waals surface area contributed by atoms with Crippen molar-refractivity contribution >= 4 is 43.5 Å². The van der Waals surface area contributed by atoms with Gasteiger partial charge in [-0.1, -0.05) is 6.07 Å². The summed E-state index contributed by atoms with van der Waals surface area (Å²) in [6.45, 7) is 8.07.